The van der Waals surface area contributed by atoms with Gasteiger partial charge in [-0.25, -0.2) is 0 Å². The summed E-state index contributed by atoms with van der Waals surface area (Å²) in [7, 11) is 0. The summed E-state index contributed by atoms with van der Waals surface area (Å²) in [5, 5.41) is 0. The van der Waals surface area contributed by atoms with Gasteiger partial charge in [0.25, 0.3) is 0 Å². The second-order valence-electron chi connectivity index (χ2n) is 9.28. The maximum atomic E-state index is 13.7. The van der Waals surface area contributed by atoms with Crippen molar-refractivity contribution in [3.63, 3.8) is 0 Å². The summed E-state index contributed by atoms with van der Waals surface area (Å²) in [6.45, 7) is 7.06. The molecule has 0 unspecified atom stereocenters. The highest BCUT2D eigenvalue weighted by Gasteiger charge is 2.49. The largest absolute Gasteiger partial charge is 1.00 e. The summed E-state index contributed by atoms with van der Waals surface area (Å²) in [6.07, 6.45) is 10.5. The molecule has 0 aromatic heterocycles. The van der Waals surface area contributed by atoms with Crippen molar-refractivity contribution in [3.05, 3.63) is 35.9 Å². The van der Waals surface area contributed by atoms with Crippen molar-refractivity contribution in [2.75, 3.05) is 26.2 Å². The lowest BCUT2D eigenvalue weighted by atomic mass is 9.71. The van der Waals surface area contributed by atoms with Crippen LogP contribution in [0.3, 0.4) is 0 Å². The molecule has 1 saturated carbocycles. The Morgan fingerprint density at radius 3 is 2.25 bits per heavy atom. The van der Waals surface area contributed by atoms with Gasteiger partial charge in [0, 0.05) is 18.8 Å². The van der Waals surface area contributed by atoms with Gasteiger partial charge in [-0.05, 0) is 25.3 Å². The minimum Gasteiger partial charge on any atom is -1.00 e. The fourth-order valence-corrected chi connectivity index (χ4v) is 5.93. The van der Waals surface area contributed by atoms with Crippen molar-refractivity contribution in [1.29, 1.82) is 0 Å². The van der Waals surface area contributed by atoms with Crippen LogP contribution in [0.1, 0.15) is 70.3 Å². The van der Waals surface area contributed by atoms with E-state index in [-0.39, 0.29) is 36.0 Å². The molecule has 0 spiro atoms. The Bertz CT molecular complexity index is 631. The number of carbonyl (C=O) groups excluding carboxylic acids is 1. The van der Waals surface area contributed by atoms with Gasteiger partial charge in [-0.2, -0.15) is 0 Å². The Labute approximate surface area is 187 Å². The number of rotatable bonds is 4. The average molecular weight is 497 g/mol. The van der Waals surface area contributed by atoms with Crippen LogP contribution in [0, 0.1) is 5.92 Å². The van der Waals surface area contributed by atoms with Crippen LogP contribution in [0.25, 0.3) is 0 Å². The molecule has 3 nitrogen and oxygen atoms in total. The van der Waals surface area contributed by atoms with Crippen molar-refractivity contribution in [3.8, 4) is 0 Å². The average Bonchev–Trinajstić information content (AvgIpc) is 2.70. The smallest absolute Gasteiger partial charge is 0.317 e. The number of hydrogen-bond acceptors (Lipinski definition) is 2. The molecule has 1 aliphatic carbocycles. The summed E-state index contributed by atoms with van der Waals surface area (Å²) in [5.74, 6) is 0.658. The van der Waals surface area contributed by atoms with E-state index in [1.165, 1.54) is 57.3 Å². The first kappa shape index (κ1) is 22.1. The molecule has 3 aliphatic heterocycles. The van der Waals surface area contributed by atoms with Crippen molar-refractivity contribution in [2.45, 2.75) is 76.2 Å². The van der Waals surface area contributed by atoms with Crippen LogP contribution in [-0.2, 0) is 14.9 Å². The minimum absolute atomic E-state index is 0. The molecule has 28 heavy (non-hydrogen) atoms. The number of hydrogen-bond donors (Lipinski definition) is 0. The lowest BCUT2D eigenvalue weighted by Crippen LogP contribution is -3.00. The second kappa shape index (κ2) is 9.46. The van der Waals surface area contributed by atoms with Gasteiger partial charge in [0.2, 0.25) is 0 Å². The van der Waals surface area contributed by atoms with Gasteiger partial charge >= 0.3 is 5.97 Å². The first-order valence-corrected chi connectivity index (χ1v) is 11.3. The Balaban J connectivity index is 0.00000225. The van der Waals surface area contributed by atoms with E-state index in [1.807, 2.05) is 6.07 Å². The van der Waals surface area contributed by atoms with E-state index in [1.54, 1.807) is 0 Å². The Morgan fingerprint density at radius 1 is 1.04 bits per heavy atom. The molecule has 2 bridgehead atoms. The first-order valence-electron chi connectivity index (χ1n) is 11.3. The van der Waals surface area contributed by atoms with Gasteiger partial charge in [0.15, 0.2) is 6.10 Å². The van der Waals surface area contributed by atoms with E-state index >= 15 is 0 Å². The molecular formula is C24H36INO2. The molecule has 4 aliphatic rings. The van der Waals surface area contributed by atoms with E-state index in [0.717, 1.165) is 36.7 Å². The molecule has 3 saturated heterocycles. The minimum atomic E-state index is -0.426. The molecule has 156 valence electrons. The maximum Gasteiger partial charge on any atom is 0.317 e. The standard InChI is InChI=1S/C24H36NO2.HI/c1-2-25-17-13-20(14-18-25)22(19-25)27-23(26)24(21-11-7-6-8-12-21)15-9-4-3-5-10-16-24;/h6-8,11-12,20,22H,2-5,9-10,13-19H2,1H3;1H/q+1;/p-1/t20?,22-,25?;/m0./s1. The third kappa shape index (κ3) is 4.28. The van der Waals surface area contributed by atoms with Crippen LogP contribution in [0.5, 0.6) is 0 Å². The number of halogens is 1. The predicted octanol–water partition coefficient (Wildman–Crippen LogP) is 1.84. The van der Waals surface area contributed by atoms with Crippen LogP contribution in [0.2, 0.25) is 0 Å². The van der Waals surface area contributed by atoms with Crippen molar-refractivity contribution < 1.29 is 38.0 Å². The number of quaternary nitrogens is 1. The fraction of sp³-hybridized carbons (Fsp3) is 0.708. The molecule has 5 rings (SSSR count). The molecular weight excluding hydrogens is 461 g/mol. The number of fused-ring (bicyclic) bond motifs is 3. The van der Waals surface area contributed by atoms with Crippen molar-refractivity contribution >= 4 is 5.97 Å². The van der Waals surface area contributed by atoms with E-state index in [9.17, 15) is 4.79 Å². The van der Waals surface area contributed by atoms with Gasteiger partial charge in [0.05, 0.1) is 25.0 Å². The SMILES string of the molecule is CC[N+]12CCC(CC1)[C@@H](OC(=O)C1(c3ccccc3)CCCCCCC1)C2.[I-]. The Hall–Kier alpha value is -0.620. The van der Waals surface area contributed by atoms with E-state index in [0.29, 0.717) is 5.92 Å². The zero-order valence-corrected chi connectivity index (χ0v) is 19.5. The Kier molecular flexibility index (Phi) is 7.46. The van der Waals surface area contributed by atoms with Crippen molar-refractivity contribution in [2.24, 2.45) is 5.92 Å². The van der Waals surface area contributed by atoms with E-state index in [4.69, 9.17) is 4.74 Å². The molecule has 1 atom stereocenters. The number of esters is 1. The second-order valence-corrected chi connectivity index (χ2v) is 9.28. The molecule has 0 radical (unpaired) electrons. The monoisotopic (exact) mass is 497 g/mol. The normalized spacial score (nSPS) is 31.9. The van der Waals surface area contributed by atoms with Crippen LogP contribution in [0.15, 0.2) is 30.3 Å². The van der Waals surface area contributed by atoms with E-state index in [2.05, 4.69) is 31.2 Å². The van der Waals surface area contributed by atoms with Gasteiger partial charge in [0.1, 0.15) is 6.54 Å². The highest BCUT2D eigenvalue weighted by Crippen LogP contribution is 2.41. The van der Waals surface area contributed by atoms with E-state index < -0.39 is 5.41 Å². The number of benzene rings is 1. The van der Waals surface area contributed by atoms with Gasteiger partial charge < -0.3 is 33.2 Å². The van der Waals surface area contributed by atoms with Gasteiger partial charge in [-0.1, -0.05) is 62.4 Å². The molecule has 0 N–H and O–H groups in total. The summed E-state index contributed by atoms with van der Waals surface area (Å²) < 4.78 is 7.55. The summed E-state index contributed by atoms with van der Waals surface area (Å²) in [5.41, 5.74) is 0.752. The zero-order chi connectivity index (χ0) is 18.7. The predicted molar refractivity (Wildman–Crippen MR) is 108 cm³/mol. The highest BCUT2D eigenvalue weighted by atomic mass is 127. The summed E-state index contributed by atoms with van der Waals surface area (Å²) in [4.78, 5) is 13.7. The number of ether oxygens (including phenoxy) is 1. The number of carbonyl (C=O) groups is 1. The van der Waals surface area contributed by atoms with Gasteiger partial charge in [-0.15, -0.1) is 0 Å². The summed E-state index contributed by atoms with van der Waals surface area (Å²) >= 11 is 0. The first-order chi connectivity index (χ1) is 13.2. The highest BCUT2D eigenvalue weighted by molar-refractivity contribution is 5.83. The molecule has 4 fully saturated rings. The van der Waals surface area contributed by atoms with Gasteiger partial charge in [-0.3, -0.25) is 4.79 Å². The molecule has 4 heteroatoms. The molecule has 0 amide bonds. The van der Waals surface area contributed by atoms with Crippen LogP contribution in [-0.4, -0.2) is 42.7 Å². The topological polar surface area (TPSA) is 26.3 Å². The molecule has 1 aromatic rings. The maximum absolute atomic E-state index is 13.7. The zero-order valence-electron chi connectivity index (χ0n) is 17.4. The summed E-state index contributed by atoms with van der Waals surface area (Å²) in [6, 6.07) is 10.5. The van der Waals surface area contributed by atoms with Crippen LogP contribution >= 0.6 is 0 Å². The van der Waals surface area contributed by atoms with Crippen LogP contribution in [0.4, 0.5) is 0 Å². The molecule has 1 aromatic carbocycles. The number of likely N-dealkylation sites (N-methyl/N-ethyl adjacent to an activating group) is 1. The third-order valence-corrected chi connectivity index (χ3v) is 7.89. The fourth-order valence-electron chi connectivity index (χ4n) is 5.93. The Morgan fingerprint density at radius 2 is 1.64 bits per heavy atom. The quantitative estimate of drug-likeness (QED) is 0.361. The lowest BCUT2D eigenvalue weighted by molar-refractivity contribution is -0.944. The van der Waals surface area contributed by atoms with Crippen LogP contribution < -0.4 is 24.0 Å². The number of piperidine rings is 3. The third-order valence-electron chi connectivity index (χ3n) is 7.89. The number of nitrogens with zero attached hydrogens (tertiary/aromatic N) is 1. The molecule has 3 heterocycles. The lowest BCUT2D eigenvalue weighted by Gasteiger charge is -2.52. The van der Waals surface area contributed by atoms with Crippen molar-refractivity contribution in [1.82, 2.24) is 0 Å².